The molecule has 7 heteroatoms. The number of hydrogen-bond acceptors (Lipinski definition) is 4. The van der Waals surface area contributed by atoms with E-state index in [1.165, 1.54) is 6.08 Å². The molecule has 2 heterocycles. The lowest BCUT2D eigenvalue weighted by Crippen LogP contribution is -2.07. The van der Waals surface area contributed by atoms with Crippen LogP contribution < -0.4 is 5.32 Å². The van der Waals surface area contributed by atoms with Gasteiger partial charge >= 0.3 is 0 Å². The van der Waals surface area contributed by atoms with Crippen LogP contribution in [0.2, 0.25) is 5.15 Å². The highest BCUT2D eigenvalue weighted by Crippen LogP contribution is 2.23. The minimum absolute atomic E-state index is 0.225. The van der Waals surface area contributed by atoms with Crippen molar-refractivity contribution in [3.63, 3.8) is 0 Å². The average molecular weight is 373 g/mol. The Morgan fingerprint density at radius 1 is 1.28 bits per heavy atom. The number of aromatic nitrogens is 3. The molecule has 128 valence electrons. The van der Waals surface area contributed by atoms with Crippen LogP contribution in [0, 0.1) is 13.8 Å². The second kappa shape index (κ2) is 7.21. The normalized spacial score (nSPS) is 11.2. The monoisotopic (exact) mass is 372 g/mol. The third-order valence-corrected chi connectivity index (χ3v) is 4.89. The molecule has 0 bridgehead atoms. The Morgan fingerprint density at radius 3 is 2.56 bits per heavy atom. The van der Waals surface area contributed by atoms with Gasteiger partial charge in [-0.15, -0.1) is 11.3 Å². The number of thiazole rings is 1. The number of hydrogen-bond donors (Lipinski definition) is 1. The van der Waals surface area contributed by atoms with Crippen LogP contribution in [0.15, 0.2) is 35.7 Å². The van der Waals surface area contributed by atoms with Gasteiger partial charge in [0.15, 0.2) is 0 Å². The summed E-state index contributed by atoms with van der Waals surface area (Å²) in [5.74, 6) is -0.225. The number of aryl methyl sites for hydroxylation is 3. The Balaban J connectivity index is 1.67. The summed E-state index contributed by atoms with van der Waals surface area (Å²) in [7, 11) is 1.76. The van der Waals surface area contributed by atoms with Crippen molar-refractivity contribution in [3.8, 4) is 11.3 Å². The van der Waals surface area contributed by atoms with Crippen LogP contribution in [0.1, 0.15) is 16.3 Å². The van der Waals surface area contributed by atoms with Crippen LogP contribution in [0.3, 0.4) is 0 Å². The number of anilines is 1. The maximum absolute atomic E-state index is 12.1. The van der Waals surface area contributed by atoms with E-state index in [-0.39, 0.29) is 5.91 Å². The fraction of sp³-hybridized carbons (Fsp3) is 0.167. The van der Waals surface area contributed by atoms with Gasteiger partial charge in [0.2, 0.25) is 5.91 Å². The first-order valence-electron chi connectivity index (χ1n) is 7.65. The van der Waals surface area contributed by atoms with Crippen LogP contribution in [-0.4, -0.2) is 20.7 Å². The molecule has 0 fully saturated rings. The summed E-state index contributed by atoms with van der Waals surface area (Å²) in [6, 6.07) is 7.60. The number of nitrogens with zero attached hydrogens (tertiary/aromatic N) is 3. The molecule has 1 amide bonds. The molecule has 2 aromatic heterocycles. The smallest absolute Gasteiger partial charge is 0.248 e. The predicted molar refractivity (Wildman–Crippen MR) is 103 cm³/mol. The van der Waals surface area contributed by atoms with Gasteiger partial charge in [-0.3, -0.25) is 9.48 Å². The van der Waals surface area contributed by atoms with Gasteiger partial charge in [0.25, 0.3) is 0 Å². The minimum Gasteiger partial charge on any atom is -0.323 e. The first-order valence-corrected chi connectivity index (χ1v) is 8.90. The van der Waals surface area contributed by atoms with Crippen molar-refractivity contribution in [2.75, 3.05) is 5.32 Å². The lowest BCUT2D eigenvalue weighted by molar-refractivity contribution is -0.111. The summed E-state index contributed by atoms with van der Waals surface area (Å²) in [4.78, 5) is 16.5. The van der Waals surface area contributed by atoms with E-state index in [9.17, 15) is 4.79 Å². The van der Waals surface area contributed by atoms with E-state index in [0.717, 1.165) is 33.2 Å². The van der Waals surface area contributed by atoms with E-state index in [0.29, 0.717) is 5.15 Å². The zero-order chi connectivity index (χ0) is 18.0. The Hall–Kier alpha value is -2.44. The zero-order valence-corrected chi connectivity index (χ0v) is 15.6. The van der Waals surface area contributed by atoms with Crippen LogP contribution in [0.25, 0.3) is 17.3 Å². The highest BCUT2D eigenvalue weighted by Gasteiger charge is 2.08. The molecule has 0 atom stereocenters. The molecule has 0 spiro atoms. The Bertz CT molecular complexity index is 941. The summed E-state index contributed by atoms with van der Waals surface area (Å²) < 4.78 is 1.58. The molecule has 0 aliphatic rings. The molecule has 0 radical (unpaired) electrons. The molecule has 0 unspecified atom stereocenters. The van der Waals surface area contributed by atoms with Gasteiger partial charge in [-0.2, -0.15) is 5.10 Å². The van der Waals surface area contributed by atoms with Gasteiger partial charge < -0.3 is 5.32 Å². The van der Waals surface area contributed by atoms with Crippen molar-refractivity contribution < 1.29 is 4.79 Å². The quantitative estimate of drug-likeness (QED) is 0.687. The zero-order valence-electron chi connectivity index (χ0n) is 14.1. The topological polar surface area (TPSA) is 59.8 Å². The number of benzene rings is 1. The minimum atomic E-state index is -0.225. The number of amides is 1. The van der Waals surface area contributed by atoms with Crippen molar-refractivity contribution in [2.24, 2.45) is 7.05 Å². The Labute approximate surface area is 155 Å². The highest BCUT2D eigenvalue weighted by molar-refractivity contribution is 7.09. The molecule has 0 saturated heterocycles. The van der Waals surface area contributed by atoms with E-state index in [2.05, 4.69) is 15.4 Å². The summed E-state index contributed by atoms with van der Waals surface area (Å²) in [5, 5.41) is 10.6. The molecule has 5 nitrogen and oxygen atoms in total. The molecule has 0 aliphatic carbocycles. The first-order chi connectivity index (χ1) is 11.9. The predicted octanol–water partition coefficient (Wildman–Crippen LogP) is 4.47. The van der Waals surface area contributed by atoms with E-state index in [4.69, 9.17) is 11.6 Å². The molecular formula is C18H17ClN4OS. The van der Waals surface area contributed by atoms with Crippen LogP contribution in [0.5, 0.6) is 0 Å². The third kappa shape index (κ3) is 3.97. The molecule has 0 aliphatic heterocycles. The molecule has 3 aromatic rings. The summed E-state index contributed by atoms with van der Waals surface area (Å²) in [6.45, 7) is 3.83. The number of nitrogens with one attached hydrogen (secondary N) is 1. The number of halogens is 1. The highest BCUT2D eigenvalue weighted by atomic mass is 35.5. The van der Waals surface area contributed by atoms with E-state index in [1.807, 2.05) is 43.5 Å². The lowest BCUT2D eigenvalue weighted by atomic mass is 10.1. The van der Waals surface area contributed by atoms with Crippen molar-refractivity contribution in [3.05, 3.63) is 57.1 Å². The molecular weight excluding hydrogens is 356 g/mol. The third-order valence-electron chi connectivity index (χ3n) is 3.66. The molecule has 25 heavy (non-hydrogen) atoms. The summed E-state index contributed by atoms with van der Waals surface area (Å²) in [5.41, 5.74) is 4.21. The maximum Gasteiger partial charge on any atom is 0.248 e. The van der Waals surface area contributed by atoms with Crippen molar-refractivity contribution >= 4 is 40.6 Å². The second-order valence-corrected chi connectivity index (χ2v) is 6.99. The summed E-state index contributed by atoms with van der Waals surface area (Å²) >= 11 is 7.76. The van der Waals surface area contributed by atoms with Gasteiger partial charge in [-0.05, 0) is 32.1 Å². The maximum atomic E-state index is 12.1. The van der Waals surface area contributed by atoms with Gasteiger partial charge in [-0.25, -0.2) is 4.98 Å². The van der Waals surface area contributed by atoms with Crippen LogP contribution in [0.4, 0.5) is 5.69 Å². The molecule has 1 N–H and O–H groups in total. The number of carbonyl (C=O) groups excluding carboxylic acids is 1. The second-order valence-electron chi connectivity index (χ2n) is 5.57. The van der Waals surface area contributed by atoms with Crippen molar-refractivity contribution in [2.45, 2.75) is 13.8 Å². The molecule has 0 saturated carbocycles. The number of carbonyl (C=O) groups is 1. The van der Waals surface area contributed by atoms with Gasteiger partial charge in [-0.1, -0.05) is 23.7 Å². The molecule has 1 aromatic carbocycles. The number of rotatable bonds is 4. The van der Waals surface area contributed by atoms with Gasteiger partial charge in [0.1, 0.15) is 5.15 Å². The SMILES string of the molecule is Cc1nc(-c2ccc(NC(=O)/C=C/c3c(C)nn(C)c3Cl)cc2)cs1. The standard InChI is InChI=1S/C18H17ClN4OS/c1-11-15(18(19)23(3)22-11)8-9-17(24)21-14-6-4-13(5-7-14)16-10-25-12(2)20-16/h4-10H,1-3H3,(H,21,24)/b9-8+. The van der Waals surface area contributed by atoms with E-state index >= 15 is 0 Å². The van der Waals surface area contributed by atoms with Crippen molar-refractivity contribution in [1.82, 2.24) is 14.8 Å². The van der Waals surface area contributed by atoms with Gasteiger partial charge in [0.05, 0.1) is 16.4 Å². The fourth-order valence-corrected chi connectivity index (χ4v) is 3.26. The summed E-state index contributed by atoms with van der Waals surface area (Å²) in [6.07, 6.45) is 3.13. The molecule has 3 rings (SSSR count). The van der Waals surface area contributed by atoms with Gasteiger partial charge in [0, 0.05) is 35.3 Å². The lowest BCUT2D eigenvalue weighted by Gasteiger charge is -2.03. The van der Waals surface area contributed by atoms with Crippen molar-refractivity contribution in [1.29, 1.82) is 0 Å². The van der Waals surface area contributed by atoms with E-state index < -0.39 is 0 Å². The first kappa shape index (κ1) is 17.4. The largest absolute Gasteiger partial charge is 0.323 e. The Kier molecular flexibility index (Phi) is 5.01. The van der Waals surface area contributed by atoms with Crippen LogP contribution >= 0.6 is 22.9 Å². The fourth-order valence-electron chi connectivity index (χ4n) is 2.40. The van der Waals surface area contributed by atoms with E-state index in [1.54, 1.807) is 29.1 Å². The average Bonchev–Trinajstić information content (AvgIpc) is 3.11. The van der Waals surface area contributed by atoms with Crippen LogP contribution in [-0.2, 0) is 11.8 Å². The Morgan fingerprint density at radius 2 is 2.00 bits per heavy atom.